The number of methoxy groups -OCH3 is 1. The van der Waals surface area contributed by atoms with Crippen LogP contribution in [0.3, 0.4) is 0 Å². The van der Waals surface area contributed by atoms with Gasteiger partial charge in [-0.15, -0.1) is 0 Å². The maximum Gasteiger partial charge on any atom is 0.194 e. The van der Waals surface area contributed by atoms with Crippen LogP contribution in [0.4, 0.5) is 0 Å². The van der Waals surface area contributed by atoms with E-state index in [1.807, 2.05) is 24.3 Å². The van der Waals surface area contributed by atoms with E-state index in [-0.39, 0.29) is 5.78 Å². The third-order valence-corrected chi connectivity index (χ3v) is 4.32. The van der Waals surface area contributed by atoms with Crippen LogP contribution in [0.2, 0.25) is 5.02 Å². The van der Waals surface area contributed by atoms with Crippen LogP contribution in [-0.4, -0.2) is 12.9 Å². The molecular formula is C18H17ClO2. The minimum absolute atomic E-state index is 0.0488. The number of rotatable bonds is 3. The maximum atomic E-state index is 12.7. The molecule has 0 N–H and O–H groups in total. The maximum absolute atomic E-state index is 12.7. The zero-order valence-corrected chi connectivity index (χ0v) is 12.7. The number of carbonyl (C=O) groups excluding carboxylic acids is 1. The molecule has 0 spiro atoms. The van der Waals surface area contributed by atoms with Gasteiger partial charge in [-0.2, -0.15) is 0 Å². The molecule has 0 saturated carbocycles. The summed E-state index contributed by atoms with van der Waals surface area (Å²) in [6.07, 6.45) is 4.47. The van der Waals surface area contributed by atoms with Gasteiger partial charge in [0.05, 0.1) is 12.1 Å². The van der Waals surface area contributed by atoms with Crippen LogP contribution in [0, 0.1) is 0 Å². The Balaban J connectivity index is 2.01. The van der Waals surface area contributed by atoms with E-state index in [4.69, 9.17) is 16.3 Å². The molecule has 2 aromatic carbocycles. The number of hydrogen-bond donors (Lipinski definition) is 0. The highest BCUT2D eigenvalue weighted by molar-refractivity contribution is 6.35. The second-order valence-corrected chi connectivity index (χ2v) is 5.78. The highest BCUT2D eigenvalue weighted by Gasteiger charge is 2.18. The molecule has 108 valence electrons. The standard InChI is InChI=1S/C18H17ClO2/c1-21-15-8-4-7-14(9-15)18(20)16-10-12-5-2-3-6-13(12)11-17(16)19/h4,7-11H,2-3,5-6H2,1H3. The van der Waals surface area contributed by atoms with Crippen molar-refractivity contribution in [2.75, 3.05) is 7.11 Å². The predicted octanol–water partition coefficient (Wildman–Crippen LogP) is 4.46. The molecule has 0 radical (unpaired) electrons. The summed E-state index contributed by atoms with van der Waals surface area (Å²) < 4.78 is 5.18. The molecule has 0 bridgehead atoms. The van der Waals surface area contributed by atoms with Gasteiger partial charge in [0, 0.05) is 11.1 Å². The minimum Gasteiger partial charge on any atom is -0.497 e. The number of fused-ring (bicyclic) bond motifs is 1. The van der Waals surface area contributed by atoms with Gasteiger partial charge in [-0.3, -0.25) is 4.79 Å². The molecule has 0 heterocycles. The SMILES string of the molecule is COc1cccc(C(=O)c2cc3c(cc2Cl)CCCC3)c1. The van der Waals surface area contributed by atoms with E-state index in [0.717, 1.165) is 12.8 Å². The van der Waals surface area contributed by atoms with Gasteiger partial charge in [0.2, 0.25) is 0 Å². The van der Waals surface area contributed by atoms with Crippen LogP contribution in [0.1, 0.15) is 39.9 Å². The number of carbonyl (C=O) groups is 1. The number of ketones is 1. The van der Waals surface area contributed by atoms with Crippen molar-refractivity contribution in [2.24, 2.45) is 0 Å². The number of halogens is 1. The molecule has 0 saturated heterocycles. The van der Waals surface area contributed by atoms with Crippen molar-refractivity contribution in [3.05, 3.63) is 63.7 Å². The van der Waals surface area contributed by atoms with E-state index in [2.05, 4.69) is 0 Å². The van der Waals surface area contributed by atoms with Crippen LogP contribution in [0.5, 0.6) is 5.75 Å². The molecule has 0 unspecified atom stereocenters. The van der Waals surface area contributed by atoms with E-state index >= 15 is 0 Å². The van der Waals surface area contributed by atoms with Gasteiger partial charge in [-0.25, -0.2) is 0 Å². The van der Waals surface area contributed by atoms with Gasteiger partial charge in [-0.05, 0) is 61.1 Å². The number of benzene rings is 2. The zero-order valence-electron chi connectivity index (χ0n) is 12.0. The van der Waals surface area contributed by atoms with Crippen LogP contribution < -0.4 is 4.74 Å². The normalized spacial score (nSPS) is 13.6. The van der Waals surface area contributed by atoms with Gasteiger partial charge in [0.25, 0.3) is 0 Å². The summed E-state index contributed by atoms with van der Waals surface area (Å²) in [7, 11) is 1.59. The number of aryl methyl sites for hydroxylation is 2. The lowest BCUT2D eigenvalue weighted by atomic mass is 9.89. The first-order valence-electron chi connectivity index (χ1n) is 7.19. The number of ether oxygens (including phenoxy) is 1. The topological polar surface area (TPSA) is 26.3 Å². The Labute approximate surface area is 129 Å². The van der Waals surface area contributed by atoms with Crippen molar-refractivity contribution >= 4 is 17.4 Å². The van der Waals surface area contributed by atoms with Crippen molar-refractivity contribution in [3.63, 3.8) is 0 Å². The van der Waals surface area contributed by atoms with Crippen LogP contribution in [0.15, 0.2) is 36.4 Å². The average molecular weight is 301 g/mol. The quantitative estimate of drug-likeness (QED) is 0.782. The predicted molar refractivity (Wildman–Crippen MR) is 84.5 cm³/mol. The summed E-state index contributed by atoms with van der Waals surface area (Å²) in [5.74, 6) is 0.627. The number of hydrogen-bond acceptors (Lipinski definition) is 2. The minimum atomic E-state index is -0.0488. The van der Waals surface area contributed by atoms with Crippen molar-refractivity contribution in [3.8, 4) is 5.75 Å². The molecule has 0 atom stereocenters. The van der Waals surface area contributed by atoms with E-state index < -0.39 is 0 Å². The Morgan fingerprint density at radius 1 is 1.10 bits per heavy atom. The van der Waals surface area contributed by atoms with E-state index in [1.54, 1.807) is 19.2 Å². The summed E-state index contributed by atoms with van der Waals surface area (Å²) in [6.45, 7) is 0. The molecule has 0 aliphatic heterocycles. The Bertz CT molecular complexity index is 692. The molecule has 1 aliphatic carbocycles. The first-order valence-corrected chi connectivity index (χ1v) is 7.57. The van der Waals surface area contributed by atoms with Crippen LogP contribution in [0.25, 0.3) is 0 Å². The Hall–Kier alpha value is -1.80. The summed E-state index contributed by atoms with van der Waals surface area (Å²) in [4.78, 5) is 12.7. The van der Waals surface area contributed by atoms with E-state index in [9.17, 15) is 4.79 Å². The third-order valence-electron chi connectivity index (χ3n) is 4.01. The lowest BCUT2D eigenvalue weighted by Gasteiger charge is -2.17. The molecule has 3 rings (SSSR count). The Kier molecular flexibility index (Phi) is 3.98. The summed E-state index contributed by atoms with van der Waals surface area (Å²) in [5.41, 5.74) is 3.74. The average Bonchev–Trinajstić information content (AvgIpc) is 2.53. The highest BCUT2D eigenvalue weighted by Crippen LogP contribution is 2.29. The Morgan fingerprint density at radius 3 is 2.52 bits per heavy atom. The van der Waals surface area contributed by atoms with Crippen molar-refractivity contribution in [1.29, 1.82) is 0 Å². The first-order chi connectivity index (χ1) is 10.2. The molecule has 21 heavy (non-hydrogen) atoms. The van der Waals surface area contributed by atoms with E-state index in [0.29, 0.717) is 21.9 Å². The smallest absolute Gasteiger partial charge is 0.194 e. The second kappa shape index (κ2) is 5.90. The summed E-state index contributed by atoms with van der Waals surface area (Å²) >= 11 is 6.33. The van der Waals surface area contributed by atoms with Crippen molar-refractivity contribution in [1.82, 2.24) is 0 Å². The molecule has 2 aromatic rings. The largest absolute Gasteiger partial charge is 0.497 e. The molecule has 0 aromatic heterocycles. The van der Waals surface area contributed by atoms with Gasteiger partial charge in [0.1, 0.15) is 5.75 Å². The molecular weight excluding hydrogens is 284 g/mol. The fourth-order valence-corrected chi connectivity index (χ4v) is 3.12. The fourth-order valence-electron chi connectivity index (χ4n) is 2.85. The summed E-state index contributed by atoms with van der Waals surface area (Å²) in [6, 6.07) is 11.1. The van der Waals surface area contributed by atoms with E-state index in [1.165, 1.54) is 24.0 Å². The van der Waals surface area contributed by atoms with Gasteiger partial charge < -0.3 is 4.74 Å². The molecule has 3 heteroatoms. The van der Waals surface area contributed by atoms with Crippen LogP contribution >= 0.6 is 11.6 Å². The molecule has 0 fully saturated rings. The van der Waals surface area contributed by atoms with Crippen LogP contribution in [-0.2, 0) is 12.8 Å². The Morgan fingerprint density at radius 2 is 1.81 bits per heavy atom. The van der Waals surface area contributed by atoms with Gasteiger partial charge in [0.15, 0.2) is 5.78 Å². The highest BCUT2D eigenvalue weighted by atomic mass is 35.5. The fraction of sp³-hybridized carbons (Fsp3) is 0.278. The first kappa shape index (κ1) is 14.2. The van der Waals surface area contributed by atoms with Gasteiger partial charge >= 0.3 is 0 Å². The van der Waals surface area contributed by atoms with Crippen molar-refractivity contribution < 1.29 is 9.53 Å². The zero-order chi connectivity index (χ0) is 14.8. The lowest BCUT2D eigenvalue weighted by molar-refractivity contribution is 0.103. The molecule has 2 nitrogen and oxygen atoms in total. The second-order valence-electron chi connectivity index (χ2n) is 5.37. The monoisotopic (exact) mass is 300 g/mol. The summed E-state index contributed by atoms with van der Waals surface area (Å²) in [5, 5.41) is 0.545. The third kappa shape index (κ3) is 2.81. The molecule has 0 amide bonds. The van der Waals surface area contributed by atoms with Crippen molar-refractivity contribution in [2.45, 2.75) is 25.7 Å². The lowest BCUT2D eigenvalue weighted by Crippen LogP contribution is -2.08. The van der Waals surface area contributed by atoms with Gasteiger partial charge in [-0.1, -0.05) is 23.7 Å². The molecule has 1 aliphatic rings.